The zero-order valence-corrected chi connectivity index (χ0v) is 10.5. The molecule has 1 atom stereocenters. The Labute approximate surface area is 103 Å². The SMILES string of the molecule is CC(CO)NC(=O)COc1cccc(Br)c1. The Kier molecular flexibility index (Phi) is 5.28. The number of amides is 1. The van der Waals surface area contributed by atoms with Crippen molar-refractivity contribution in [1.82, 2.24) is 5.32 Å². The average molecular weight is 288 g/mol. The highest BCUT2D eigenvalue weighted by Crippen LogP contribution is 2.17. The number of hydrogen-bond acceptors (Lipinski definition) is 3. The predicted octanol–water partition coefficient (Wildman–Crippen LogP) is 1.32. The summed E-state index contributed by atoms with van der Waals surface area (Å²) in [6, 6.07) is 7.00. The van der Waals surface area contributed by atoms with Crippen LogP contribution >= 0.6 is 15.9 Å². The first-order valence-electron chi connectivity index (χ1n) is 4.90. The molecule has 0 aromatic heterocycles. The molecule has 88 valence electrons. The van der Waals surface area contributed by atoms with Crippen molar-refractivity contribution in [2.75, 3.05) is 13.2 Å². The highest BCUT2D eigenvalue weighted by Gasteiger charge is 2.06. The zero-order chi connectivity index (χ0) is 12.0. The topological polar surface area (TPSA) is 58.6 Å². The molecule has 0 saturated carbocycles. The first kappa shape index (κ1) is 13.0. The lowest BCUT2D eigenvalue weighted by molar-refractivity contribution is -0.123. The molecule has 4 nitrogen and oxygen atoms in total. The zero-order valence-electron chi connectivity index (χ0n) is 8.94. The van der Waals surface area contributed by atoms with Crippen LogP contribution < -0.4 is 10.1 Å². The molecule has 0 radical (unpaired) electrons. The van der Waals surface area contributed by atoms with Gasteiger partial charge in [-0.1, -0.05) is 22.0 Å². The van der Waals surface area contributed by atoms with Gasteiger partial charge in [-0.3, -0.25) is 4.79 Å². The average Bonchev–Trinajstić information content (AvgIpc) is 2.26. The molecule has 0 heterocycles. The van der Waals surface area contributed by atoms with Crippen molar-refractivity contribution >= 4 is 21.8 Å². The molecule has 0 aliphatic heterocycles. The highest BCUT2D eigenvalue weighted by molar-refractivity contribution is 9.10. The number of carbonyl (C=O) groups is 1. The first-order chi connectivity index (χ1) is 7.61. The minimum atomic E-state index is -0.251. The number of carbonyl (C=O) groups excluding carboxylic acids is 1. The molecule has 1 aromatic carbocycles. The van der Waals surface area contributed by atoms with E-state index in [2.05, 4.69) is 21.2 Å². The van der Waals surface area contributed by atoms with Gasteiger partial charge in [0.25, 0.3) is 5.91 Å². The first-order valence-corrected chi connectivity index (χ1v) is 5.69. The molecular formula is C11H14BrNO3. The lowest BCUT2D eigenvalue weighted by Gasteiger charge is -2.11. The summed E-state index contributed by atoms with van der Waals surface area (Å²) in [7, 11) is 0. The highest BCUT2D eigenvalue weighted by atomic mass is 79.9. The largest absolute Gasteiger partial charge is 0.484 e. The van der Waals surface area contributed by atoms with Crippen LogP contribution in [0.4, 0.5) is 0 Å². The lowest BCUT2D eigenvalue weighted by atomic mass is 10.3. The summed E-state index contributed by atoms with van der Waals surface area (Å²) in [6.45, 7) is 1.58. The Morgan fingerprint density at radius 1 is 1.62 bits per heavy atom. The number of nitrogens with one attached hydrogen (secondary N) is 1. The van der Waals surface area contributed by atoms with Gasteiger partial charge in [-0.2, -0.15) is 0 Å². The standard InChI is InChI=1S/C11H14BrNO3/c1-8(6-14)13-11(15)7-16-10-4-2-3-9(12)5-10/h2-5,8,14H,6-7H2,1H3,(H,13,15). The maximum Gasteiger partial charge on any atom is 0.258 e. The predicted molar refractivity (Wildman–Crippen MR) is 64.3 cm³/mol. The number of rotatable bonds is 5. The Morgan fingerprint density at radius 3 is 3.00 bits per heavy atom. The van der Waals surface area contributed by atoms with Crippen molar-refractivity contribution in [3.8, 4) is 5.75 Å². The van der Waals surface area contributed by atoms with Gasteiger partial charge in [-0.25, -0.2) is 0 Å². The third-order valence-electron chi connectivity index (χ3n) is 1.85. The van der Waals surface area contributed by atoms with Crippen molar-refractivity contribution < 1.29 is 14.6 Å². The molecule has 0 spiro atoms. The molecule has 1 rings (SSSR count). The van der Waals surface area contributed by atoms with Crippen LogP contribution in [-0.2, 0) is 4.79 Å². The van der Waals surface area contributed by atoms with E-state index in [1.54, 1.807) is 19.1 Å². The summed E-state index contributed by atoms with van der Waals surface area (Å²) < 4.78 is 6.17. The quantitative estimate of drug-likeness (QED) is 0.859. The molecule has 5 heteroatoms. The van der Waals surface area contributed by atoms with Gasteiger partial charge in [0.05, 0.1) is 6.61 Å². The van der Waals surface area contributed by atoms with Crippen LogP contribution in [0.5, 0.6) is 5.75 Å². The maximum absolute atomic E-state index is 11.3. The van der Waals surface area contributed by atoms with Crippen LogP contribution in [0.15, 0.2) is 28.7 Å². The van der Waals surface area contributed by atoms with E-state index in [1.807, 2.05) is 12.1 Å². The molecule has 1 amide bonds. The second-order valence-corrected chi connectivity index (χ2v) is 4.31. The molecule has 0 fully saturated rings. The fraction of sp³-hybridized carbons (Fsp3) is 0.364. The normalized spacial score (nSPS) is 11.9. The van der Waals surface area contributed by atoms with Crippen molar-refractivity contribution in [1.29, 1.82) is 0 Å². The Morgan fingerprint density at radius 2 is 2.38 bits per heavy atom. The maximum atomic E-state index is 11.3. The number of hydrogen-bond donors (Lipinski definition) is 2. The van der Waals surface area contributed by atoms with Crippen LogP contribution in [-0.4, -0.2) is 30.3 Å². The van der Waals surface area contributed by atoms with Crippen LogP contribution in [0.3, 0.4) is 0 Å². The van der Waals surface area contributed by atoms with E-state index < -0.39 is 0 Å². The van der Waals surface area contributed by atoms with Gasteiger partial charge in [-0.15, -0.1) is 0 Å². The van der Waals surface area contributed by atoms with Crippen molar-refractivity contribution in [3.63, 3.8) is 0 Å². The van der Waals surface area contributed by atoms with E-state index >= 15 is 0 Å². The van der Waals surface area contributed by atoms with Crippen molar-refractivity contribution in [3.05, 3.63) is 28.7 Å². The number of halogens is 1. The van der Waals surface area contributed by atoms with Gasteiger partial charge in [0, 0.05) is 10.5 Å². The van der Waals surface area contributed by atoms with Crippen LogP contribution in [0.25, 0.3) is 0 Å². The van der Waals surface area contributed by atoms with E-state index in [-0.39, 0.29) is 25.2 Å². The summed E-state index contributed by atoms with van der Waals surface area (Å²) in [5, 5.41) is 11.3. The molecule has 16 heavy (non-hydrogen) atoms. The minimum Gasteiger partial charge on any atom is -0.484 e. The van der Waals surface area contributed by atoms with Gasteiger partial charge >= 0.3 is 0 Å². The fourth-order valence-corrected chi connectivity index (χ4v) is 1.45. The lowest BCUT2D eigenvalue weighted by Crippen LogP contribution is -2.38. The minimum absolute atomic E-state index is 0.0548. The summed E-state index contributed by atoms with van der Waals surface area (Å²) in [6.07, 6.45) is 0. The molecule has 0 aliphatic carbocycles. The van der Waals surface area contributed by atoms with E-state index in [0.29, 0.717) is 5.75 Å². The second-order valence-electron chi connectivity index (χ2n) is 3.40. The van der Waals surface area contributed by atoms with Crippen LogP contribution in [0, 0.1) is 0 Å². The second kappa shape index (κ2) is 6.50. The van der Waals surface area contributed by atoms with Gasteiger partial charge < -0.3 is 15.2 Å². The fourth-order valence-electron chi connectivity index (χ4n) is 1.07. The van der Waals surface area contributed by atoms with E-state index in [0.717, 1.165) is 4.47 Å². The smallest absolute Gasteiger partial charge is 0.258 e. The van der Waals surface area contributed by atoms with E-state index in [4.69, 9.17) is 9.84 Å². The molecule has 2 N–H and O–H groups in total. The molecule has 1 unspecified atom stereocenters. The summed E-state index contributed by atoms with van der Waals surface area (Å²) >= 11 is 3.31. The Balaban J connectivity index is 2.37. The molecule has 0 saturated heterocycles. The van der Waals surface area contributed by atoms with Crippen LogP contribution in [0.2, 0.25) is 0 Å². The van der Waals surface area contributed by atoms with E-state index in [1.165, 1.54) is 0 Å². The van der Waals surface area contributed by atoms with Crippen molar-refractivity contribution in [2.24, 2.45) is 0 Å². The Bertz CT molecular complexity index is 357. The van der Waals surface area contributed by atoms with Gasteiger partial charge in [0.15, 0.2) is 6.61 Å². The Hall–Kier alpha value is -1.07. The number of aliphatic hydroxyl groups excluding tert-OH is 1. The summed E-state index contributed by atoms with van der Waals surface area (Å²) in [4.78, 5) is 11.3. The monoisotopic (exact) mass is 287 g/mol. The molecule has 1 aromatic rings. The third kappa shape index (κ3) is 4.63. The van der Waals surface area contributed by atoms with Crippen molar-refractivity contribution in [2.45, 2.75) is 13.0 Å². The number of ether oxygens (including phenoxy) is 1. The third-order valence-corrected chi connectivity index (χ3v) is 2.34. The summed E-state index contributed by atoms with van der Waals surface area (Å²) in [5.74, 6) is 0.378. The van der Waals surface area contributed by atoms with Gasteiger partial charge in [0.2, 0.25) is 0 Å². The van der Waals surface area contributed by atoms with Gasteiger partial charge in [-0.05, 0) is 25.1 Å². The van der Waals surface area contributed by atoms with E-state index in [9.17, 15) is 4.79 Å². The molecule has 0 bridgehead atoms. The summed E-state index contributed by atoms with van der Waals surface area (Å²) in [5.41, 5.74) is 0. The molecule has 0 aliphatic rings. The number of benzene rings is 1. The van der Waals surface area contributed by atoms with Gasteiger partial charge in [0.1, 0.15) is 5.75 Å². The number of aliphatic hydroxyl groups is 1. The molecular weight excluding hydrogens is 274 g/mol. The van der Waals surface area contributed by atoms with Crippen LogP contribution in [0.1, 0.15) is 6.92 Å².